The molecule has 4 nitrogen and oxygen atoms in total. The number of ketones is 1. The van der Waals surface area contributed by atoms with Gasteiger partial charge in [0.05, 0.1) is 13.2 Å². The molecule has 2 unspecified atom stereocenters. The second-order valence-electron chi connectivity index (χ2n) is 6.22. The highest BCUT2D eigenvalue weighted by Gasteiger charge is 2.35. The highest BCUT2D eigenvalue weighted by molar-refractivity contribution is 6.31. The van der Waals surface area contributed by atoms with Crippen molar-refractivity contribution in [3.8, 4) is 0 Å². The number of hydrogen-bond acceptors (Lipinski definition) is 4. The summed E-state index contributed by atoms with van der Waals surface area (Å²) in [5, 5.41) is 0.656. The summed E-state index contributed by atoms with van der Waals surface area (Å²) in [7, 11) is 0. The summed E-state index contributed by atoms with van der Waals surface area (Å²) in [6.07, 6.45) is 4.16. The van der Waals surface area contributed by atoms with Gasteiger partial charge in [-0.1, -0.05) is 56.0 Å². The van der Waals surface area contributed by atoms with Gasteiger partial charge in [0.25, 0.3) is 0 Å². The minimum atomic E-state index is -0.572. The summed E-state index contributed by atoms with van der Waals surface area (Å²) in [5.74, 6) is -0.0268. The maximum Gasteiger partial charge on any atom is 0.161 e. The predicted octanol–water partition coefficient (Wildman–Crippen LogP) is 4.53. The Morgan fingerprint density at radius 1 is 1.29 bits per heavy atom. The van der Waals surface area contributed by atoms with E-state index in [1.165, 1.54) is 19.8 Å². The fraction of sp³-hybridized carbons (Fsp3) is 0.632. The van der Waals surface area contributed by atoms with E-state index in [4.69, 9.17) is 25.8 Å². The molecule has 0 aromatic heterocycles. The van der Waals surface area contributed by atoms with Crippen LogP contribution in [0.25, 0.3) is 0 Å². The van der Waals surface area contributed by atoms with Gasteiger partial charge in [0, 0.05) is 5.02 Å². The van der Waals surface area contributed by atoms with Crippen LogP contribution in [-0.2, 0) is 25.6 Å². The monoisotopic (exact) mass is 354 g/mol. The van der Waals surface area contributed by atoms with Gasteiger partial charge in [-0.3, -0.25) is 4.79 Å². The predicted molar refractivity (Wildman–Crippen MR) is 94.1 cm³/mol. The molecule has 0 amide bonds. The molecule has 1 aliphatic heterocycles. The minimum absolute atomic E-state index is 0.0268. The van der Waals surface area contributed by atoms with Crippen LogP contribution in [0.1, 0.15) is 51.5 Å². The molecule has 0 radical (unpaired) electrons. The first-order valence-electron chi connectivity index (χ1n) is 8.74. The molecule has 1 heterocycles. The fourth-order valence-electron chi connectivity index (χ4n) is 2.77. The Labute approximate surface area is 149 Å². The van der Waals surface area contributed by atoms with E-state index in [-0.39, 0.29) is 12.1 Å². The van der Waals surface area contributed by atoms with Gasteiger partial charge in [0.15, 0.2) is 12.1 Å². The van der Waals surface area contributed by atoms with Gasteiger partial charge >= 0.3 is 0 Å². The van der Waals surface area contributed by atoms with Crippen LogP contribution in [0.15, 0.2) is 24.3 Å². The van der Waals surface area contributed by atoms with Crippen LogP contribution >= 0.6 is 11.6 Å². The average Bonchev–Trinajstić information content (AvgIpc) is 2.58. The van der Waals surface area contributed by atoms with E-state index in [0.717, 1.165) is 24.8 Å². The molecular weight excluding hydrogens is 328 g/mol. The Morgan fingerprint density at radius 3 is 2.79 bits per heavy atom. The maximum absolute atomic E-state index is 11.9. The number of hydrogen-bond donors (Lipinski definition) is 0. The molecule has 0 spiro atoms. The average molecular weight is 355 g/mol. The highest BCUT2D eigenvalue weighted by Crippen LogP contribution is 2.23. The SMILES string of the molecule is CCCCCC[C@H]1OCC(OCc2ccccc2Cl)C(C(C)=O)O1. The topological polar surface area (TPSA) is 44.8 Å². The fourth-order valence-corrected chi connectivity index (χ4v) is 2.96. The quantitative estimate of drug-likeness (QED) is 0.611. The lowest BCUT2D eigenvalue weighted by Gasteiger charge is -2.35. The normalized spacial score (nSPS) is 24.0. The summed E-state index contributed by atoms with van der Waals surface area (Å²) < 4.78 is 17.4. The van der Waals surface area contributed by atoms with Crippen molar-refractivity contribution in [1.82, 2.24) is 0 Å². The van der Waals surface area contributed by atoms with Crippen LogP contribution in [0.3, 0.4) is 0 Å². The number of rotatable bonds is 9. The zero-order valence-corrected chi connectivity index (χ0v) is 15.3. The van der Waals surface area contributed by atoms with Gasteiger partial charge in [0.1, 0.15) is 12.2 Å². The molecule has 3 atom stereocenters. The van der Waals surface area contributed by atoms with Crippen molar-refractivity contribution in [2.75, 3.05) is 6.61 Å². The number of ether oxygens (including phenoxy) is 3. The van der Waals surface area contributed by atoms with Crippen molar-refractivity contribution in [2.45, 2.75) is 71.1 Å². The van der Waals surface area contributed by atoms with Gasteiger partial charge in [0.2, 0.25) is 0 Å². The molecule has 2 rings (SSSR count). The minimum Gasteiger partial charge on any atom is -0.368 e. The number of carbonyl (C=O) groups excluding carboxylic acids is 1. The first kappa shape index (κ1) is 19.4. The first-order valence-corrected chi connectivity index (χ1v) is 9.12. The highest BCUT2D eigenvalue weighted by atomic mass is 35.5. The third-order valence-corrected chi connectivity index (χ3v) is 4.56. The van der Waals surface area contributed by atoms with Gasteiger partial charge in [-0.2, -0.15) is 0 Å². The molecule has 1 aromatic rings. The van der Waals surface area contributed by atoms with Gasteiger partial charge in [-0.25, -0.2) is 0 Å². The lowest BCUT2D eigenvalue weighted by Crippen LogP contribution is -2.48. The molecule has 134 valence electrons. The van der Waals surface area contributed by atoms with E-state index in [9.17, 15) is 4.79 Å². The molecule has 1 saturated heterocycles. The summed E-state index contributed by atoms with van der Waals surface area (Å²) in [5.41, 5.74) is 0.892. The zero-order valence-electron chi connectivity index (χ0n) is 14.5. The van der Waals surface area contributed by atoms with Crippen LogP contribution in [0.2, 0.25) is 5.02 Å². The largest absolute Gasteiger partial charge is 0.368 e. The molecule has 1 fully saturated rings. The third kappa shape index (κ3) is 5.85. The van der Waals surface area contributed by atoms with Crippen molar-refractivity contribution in [1.29, 1.82) is 0 Å². The van der Waals surface area contributed by atoms with E-state index in [2.05, 4.69) is 6.92 Å². The smallest absolute Gasteiger partial charge is 0.161 e. The Balaban J connectivity index is 1.85. The van der Waals surface area contributed by atoms with Crippen molar-refractivity contribution in [3.63, 3.8) is 0 Å². The van der Waals surface area contributed by atoms with E-state index >= 15 is 0 Å². The lowest BCUT2D eigenvalue weighted by molar-refractivity contribution is -0.258. The Bertz CT molecular complexity index is 520. The molecular formula is C19H27ClO4. The van der Waals surface area contributed by atoms with E-state index < -0.39 is 12.2 Å². The van der Waals surface area contributed by atoms with Crippen LogP contribution in [0.4, 0.5) is 0 Å². The van der Waals surface area contributed by atoms with Crippen LogP contribution in [-0.4, -0.2) is 30.9 Å². The Kier molecular flexibility index (Phi) is 8.19. The third-order valence-electron chi connectivity index (χ3n) is 4.19. The summed E-state index contributed by atoms with van der Waals surface area (Å²) in [6.45, 7) is 4.42. The number of carbonyl (C=O) groups is 1. The van der Waals surface area contributed by atoms with E-state index in [1.54, 1.807) is 0 Å². The maximum atomic E-state index is 11.9. The van der Waals surface area contributed by atoms with Crippen molar-refractivity contribution < 1.29 is 19.0 Å². The molecule has 1 aliphatic rings. The number of Topliss-reactive ketones (excluding diaryl/α,β-unsaturated/α-hetero) is 1. The molecule has 0 saturated carbocycles. The molecule has 24 heavy (non-hydrogen) atoms. The molecule has 0 aliphatic carbocycles. The van der Waals surface area contributed by atoms with Crippen molar-refractivity contribution in [3.05, 3.63) is 34.9 Å². The second kappa shape index (κ2) is 10.1. The zero-order chi connectivity index (χ0) is 17.4. The summed E-state index contributed by atoms with van der Waals surface area (Å²) >= 11 is 6.14. The number of benzene rings is 1. The molecule has 1 aromatic carbocycles. The number of halogens is 1. The standard InChI is InChI=1S/C19H27ClO4/c1-3-4-5-6-11-18-23-13-17(19(24-18)14(2)21)22-12-15-9-7-8-10-16(15)20/h7-10,17-19H,3-6,11-13H2,1-2H3/t17?,18-,19?/m0/s1. The van der Waals surface area contributed by atoms with Crippen LogP contribution < -0.4 is 0 Å². The van der Waals surface area contributed by atoms with E-state index in [1.807, 2.05) is 24.3 Å². The van der Waals surface area contributed by atoms with Gasteiger partial charge in [-0.05, 0) is 31.4 Å². The first-order chi connectivity index (χ1) is 11.6. The van der Waals surface area contributed by atoms with Gasteiger partial charge < -0.3 is 14.2 Å². The summed E-state index contributed by atoms with van der Waals surface area (Å²) in [4.78, 5) is 11.9. The van der Waals surface area contributed by atoms with Crippen LogP contribution in [0.5, 0.6) is 0 Å². The molecule has 5 heteroatoms. The molecule has 0 N–H and O–H groups in total. The number of unbranched alkanes of at least 4 members (excludes halogenated alkanes) is 3. The molecule has 0 bridgehead atoms. The Morgan fingerprint density at radius 2 is 2.08 bits per heavy atom. The second-order valence-corrected chi connectivity index (χ2v) is 6.63. The van der Waals surface area contributed by atoms with Crippen LogP contribution in [0, 0.1) is 0 Å². The van der Waals surface area contributed by atoms with Crippen molar-refractivity contribution >= 4 is 17.4 Å². The lowest BCUT2D eigenvalue weighted by atomic mass is 10.1. The van der Waals surface area contributed by atoms with Gasteiger partial charge in [-0.15, -0.1) is 0 Å². The summed E-state index contributed by atoms with van der Waals surface area (Å²) in [6, 6.07) is 7.52. The Hall–Kier alpha value is -0.940. The van der Waals surface area contributed by atoms with Crippen molar-refractivity contribution in [2.24, 2.45) is 0 Å². The van der Waals surface area contributed by atoms with E-state index in [0.29, 0.717) is 18.2 Å².